The lowest BCUT2D eigenvalue weighted by Crippen LogP contribution is -2.37. The summed E-state index contributed by atoms with van der Waals surface area (Å²) in [5.74, 6) is -0.695. The number of hydrogen-bond acceptors (Lipinski definition) is 5. The average molecular weight is 281 g/mol. The number of amides is 1. The minimum Gasteiger partial charge on any atom is -0.481 e. The number of nitrogens with one attached hydrogen (secondary N) is 1. The summed E-state index contributed by atoms with van der Waals surface area (Å²) in [4.78, 5) is 25.0. The Hall–Kier alpha value is -1.89. The Labute approximate surface area is 116 Å². The van der Waals surface area contributed by atoms with Gasteiger partial charge in [0.05, 0.1) is 17.7 Å². The molecule has 2 N–H and O–H groups in total. The van der Waals surface area contributed by atoms with E-state index in [1.54, 1.807) is 13.0 Å². The van der Waals surface area contributed by atoms with Crippen molar-refractivity contribution < 1.29 is 19.2 Å². The number of anilines is 1. The van der Waals surface area contributed by atoms with Crippen molar-refractivity contribution in [1.82, 2.24) is 10.1 Å². The molecule has 0 saturated carbocycles. The maximum atomic E-state index is 11.9. The van der Waals surface area contributed by atoms with E-state index >= 15 is 0 Å². The Morgan fingerprint density at radius 3 is 2.85 bits per heavy atom. The van der Waals surface area contributed by atoms with Crippen LogP contribution in [0.25, 0.3) is 0 Å². The normalized spacial score (nSPS) is 22.9. The van der Waals surface area contributed by atoms with Crippen LogP contribution in [0.1, 0.15) is 25.5 Å². The number of aryl methyl sites for hydroxylation is 1. The van der Waals surface area contributed by atoms with Crippen molar-refractivity contribution in [1.29, 1.82) is 0 Å². The fourth-order valence-corrected chi connectivity index (χ4v) is 2.51. The van der Waals surface area contributed by atoms with E-state index in [1.807, 2.05) is 11.8 Å². The number of rotatable bonds is 5. The second-order valence-corrected chi connectivity index (χ2v) is 5.28. The van der Waals surface area contributed by atoms with Crippen molar-refractivity contribution in [3.63, 3.8) is 0 Å². The number of carbonyl (C=O) groups is 2. The third-order valence-electron chi connectivity index (χ3n) is 3.82. The van der Waals surface area contributed by atoms with Gasteiger partial charge in [-0.05, 0) is 26.3 Å². The number of carboxylic acids is 1. The predicted octanol–water partition coefficient (Wildman–Crippen LogP) is 1.11. The number of aliphatic carboxylic acids is 1. The van der Waals surface area contributed by atoms with Gasteiger partial charge in [0.15, 0.2) is 0 Å². The van der Waals surface area contributed by atoms with E-state index < -0.39 is 11.4 Å². The zero-order chi connectivity index (χ0) is 14.8. The molecule has 7 nitrogen and oxygen atoms in total. The average Bonchev–Trinajstić information content (AvgIpc) is 2.97. The van der Waals surface area contributed by atoms with Crippen molar-refractivity contribution >= 4 is 17.8 Å². The molecular weight excluding hydrogens is 262 g/mol. The van der Waals surface area contributed by atoms with Gasteiger partial charge in [-0.1, -0.05) is 12.1 Å². The number of likely N-dealkylation sites (tertiary alicyclic amines) is 1. The molecule has 1 aromatic rings. The molecule has 1 saturated heterocycles. The smallest absolute Gasteiger partial charge is 0.310 e. The van der Waals surface area contributed by atoms with Crippen LogP contribution >= 0.6 is 0 Å². The standard InChI is InChI=1S/C13H19N3O4/c1-3-13(12(18)19)4-5-16(8-13)7-10(17)14-11-6-9(2)15-20-11/h6H,3-5,7-8H2,1-2H3,(H,14,17)(H,18,19). The number of carboxylic acid groups (broad SMARTS) is 1. The number of hydrogen-bond donors (Lipinski definition) is 2. The minimum atomic E-state index is -0.784. The van der Waals surface area contributed by atoms with E-state index in [2.05, 4.69) is 10.5 Å². The molecule has 0 spiro atoms. The summed E-state index contributed by atoms with van der Waals surface area (Å²) in [5.41, 5.74) is -0.0272. The summed E-state index contributed by atoms with van der Waals surface area (Å²) >= 11 is 0. The molecule has 2 rings (SSSR count). The van der Waals surface area contributed by atoms with Gasteiger partial charge in [0.25, 0.3) is 0 Å². The van der Waals surface area contributed by atoms with Crippen LogP contribution in [0, 0.1) is 12.3 Å². The molecule has 1 fully saturated rings. The number of nitrogens with zero attached hydrogens (tertiary/aromatic N) is 2. The van der Waals surface area contributed by atoms with Crippen LogP contribution in [0.4, 0.5) is 5.88 Å². The monoisotopic (exact) mass is 281 g/mol. The molecule has 0 aliphatic carbocycles. The molecule has 7 heteroatoms. The highest BCUT2D eigenvalue weighted by atomic mass is 16.5. The second-order valence-electron chi connectivity index (χ2n) is 5.28. The summed E-state index contributed by atoms with van der Waals surface area (Å²) in [6, 6.07) is 1.63. The molecule has 1 aromatic heterocycles. The van der Waals surface area contributed by atoms with E-state index in [1.165, 1.54) is 0 Å². The van der Waals surface area contributed by atoms with Crippen LogP contribution in [0.2, 0.25) is 0 Å². The molecule has 1 atom stereocenters. The first kappa shape index (κ1) is 14.5. The maximum Gasteiger partial charge on any atom is 0.310 e. The van der Waals surface area contributed by atoms with Gasteiger partial charge in [0.2, 0.25) is 11.8 Å². The van der Waals surface area contributed by atoms with Crippen LogP contribution in [-0.4, -0.2) is 46.7 Å². The summed E-state index contributed by atoms with van der Waals surface area (Å²) in [6.45, 7) is 4.82. The fraction of sp³-hybridized carbons (Fsp3) is 0.615. The summed E-state index contributed by atoms with van der Waals surface area (Å²) in [6.07, 6.45) is 1.15. The molecular formula is C13H19N3O4. The lowest BCUT2D eigenvalue weighted by atomic mass is 9.84. The molecule has 0 radical (unpaired) electrons. The Balaban J connectivity index is 1.88. The van der Waals surface area contributed by atoms with Gasteiger partial charge >= 0.3 is 5.97 Å². The molecule has 2 heterocycles. The lowest BCUT2D eigenvalue weighted by molar-refractivity contribution is -0.148. The quantitative estimate of drug-likeness (QED) is 0.839. The summed E-state index contributed by atoms with van der Waals surface area (Å²) in [5, 5.41) is 15.6. The first-order chi connectivity index (χ1) is 9.45. The second kappa shape index (κ2) is 5.62. The van der Waals surface area contributed by atoms with E-state index in [0.717, 1.165) is 0 Å². The van der Waals surface area contributed by atoms with Gasteiger partial charge in [-0.15, -0.1) is 0 Å². The molecule has 1 unspecified atom stereocenters. The molecule has 20 heavy (non-hydrogen) atoms. The van der Waals surface area contributed by atoms with Gasteiger partial charge in [0, 0.05) is 12.6 Å². The minimum absolute atomic E-state index is 0.161. The van der Waals surface area contributed by atoms with Crippen molar-refractivity contribution in [3.8, 4) is 0 Å². The maximum absolute atomic E-state index is 11.9. The Morgan fingerprint density at radius 1 is 1.60 bits per heavy atom. The molecule has 0 aromatic carbocycles. The van der Waals surface area contributed by atoms with E-state index in [9.17, 15) is 14.7 Å². The highest BCUT2D eigenvalue weighted by Crippen LogP contribution is 2.33. The number of aromatic nitrogens is 1. The van der Waals surface area contributed by atoms with Gasteiger partial charge in [-0.3, -0.25) is 19.8 Å². The SMILES string of the molecule is CCC1(C(=O)O)CCN(CC(=O)Nc2cc(C)no2)C1. The van der Waals surface area contributed by atoms with Gasteiger partial charge in [-0.25, -0.2) is 0 Å². The van der Waals surface area contributed by atoms with Crippen molar-refractivity contribution in [2.24, 2.45) is 5.41 Å². The van der Waals surface area contributed by atoms with Crippen LogP contribution in [0.3, 0.4) is 0 Å². The van der Waals surface area contributed by atoms with Crippen molar-refractivity contribution in [3.05, 3.63) is 11.8 Å². The third kappa shape index (κ3) is 2.98. The first-order valence-corrected chi connectivity index (χ1v) is 6.64. The Kier molecular flexibility index (Phi) is 4.08. The van der Waals surface area contributed by atoms with Gasteiger partial charge < -0.3 is 9.63 Å². The molecule has 1 amide bonds. The lowest BCUT2D eigenvalue weighted by Gasteiger charge is -2.22. The Bertz CT molecular complexity index is 513. The molecule has 0 bridgehead atoms. The van der Waals surface area contributed by atoms with Crippen molar-refractivity contribution in [2.75, 3.05) is 25.0 Å². The van der Waals surface area contributed by atoms with Crippen LogP contribution in [-0.2, 0) is 9.59 Å². The molecule has 1 aliphatic rings. The van der Waals surface area contributed by atoms with Gasteiger partial charge in [0.1, 0.15) is 0 Å². The highest BCUT2D eigenvalue weighted by molar-refractivity contribution is 5.91. The van der Waals surface area contributed by atoms with Gasteiger partial charge in [-0.2, -0.15) is 0 Å². The highest BCUT2D eigenvalue weighted by Gasteiger charge is 2.43. The largest absolute Gasteiger partial charge is 0.481 e. The van der Waals surface area contributed by atoms with E-state index in [0.29, 0.717) is 37.5 Å². The third-order valence-corrected chi connectivity index (χ3v) is 3.82. The zero-order valence-electron chi connectivity index (χ0n) is 11.7. The summed E-state index contributed by atoms with van der Waals surface area (Å²) < 4.78 is 4.91. The van der Waals surface area contributed by atoms with Crippen LogP contribution in [0.5, 0.6) is 0 Å². The van der Waals surface area contributed by atoms with E-state index in [-0.39, 0.29) is 12.5 Å². The molecule has 1 aliphatic heterocycles. The predicted molar refractivity (Wildman–Crippen MR) is 71.3 cm³/mol. The first-order valence-electron chi connectivity index (χ1n) is 6.64. The van der Waals surface area contributed by atoms with Crippen LogP contribution in [0.15, 0.2) is 10.6 Å². The Morgan fingerprint density at radius 2 is 2.35 bits per heavy atom. The molecule has 110 valence electrons. The topological polar surface area (TPSA) is 95.7 Å². The summed E-state index contributed by atoms with van der Waals surface area (Å²) in [7, 11) is 0. The number of carbonyl (C=O) groups excluding carboxylic acids is 1. The van der Waals surface area contributed by atoms with E-state index in [4.69, 9.17) is 4.52 Å². The zero-order valence-corrected chi connectivity index (χ0v) is 11.7. The van der Waals surface area contributed by atoms with Crippen molar-refractivity contribution in [2.45, 2.75) is 26.7 Å². The van der Waals surface area contributed by atoms with Crippen LogP contribution < -0.4 is 5.32 Å². The fourth-order valence-electron chi connectivity index (χ4n) is 2.51.